The number of nitrogens with one attached hydrogen (secondary N) is 1. The van der Waals surface area contributed by atoms with Crippen molar-refractivity contribution < 1.29 is 23.8 Å². The Morgan fingerprint density at radius 1 is 1.11 bits per heavy atom. The first-order valence-corrected chi connectivity index (χ1v) is 8.60. The number of nitrogens with zero attached hydrogens (tertiary/aromatic N) is 1. The van der Waals surface area contributed by atoms with Gasteiger partial charge in [0.05, 0.1) is 19.2 Å². The Kier molecular flexibility index (Phi) is 5.93. The van der Waals surface area contributed by atoms with Crippen LogP contribution in [-0.4, -0.2) is 50.7 Å². The van der Waals surface area contributed by atoms with Gasteiger partial charge in [-0.25, -0.2) is 4.79 Å². The molecule has 0 radical (unpaired) electrons. The zero-order valence-corrected chi connectivity index (χ0v) is 15.4. The molecule has 1 aliphatic heterocycles. The molecular formula is C20H22N2O5. The maximum Gasteiger partial charge on any atom is 0.337 e. The van der Waals surface area contributed by atoms with Crippen LogP contribution in [0.4, 0.5) is 5.69 Å². The van der Waals surface area contributed by atoms with Crippen LogP contribution in [0.5, 0.6) is 11.5 Å². The van der Waals surface area contributed by atoms with Gasteiger partial charge in [0.2, 0.25) is 5.91 Å². The molecule has 7 heteroatoms. The summed E-state index contributed by atoms with van der Waals surface area (Å²) in [6.07, 6.45) is 0. The predicted molar refractivity (Wildman–Crippen MR) is 100 cm³/mol. The van der Waals surface area contributed by atoms with Crippen molar-refractivity contribution in [1.29, 1.82) is 0 Å². The number of hydrogen-bond donors (Lipinski definition) is 1. The molecule has 3 rings (SSSR count). The van der Waals surface area contributed by atoms with E-state index in [2.05, 4.69) is 10.1 Å². The maximum absolute atomic E-state index is 12.3. The summed E-state index contributed by atoms with van der Waals surface area (Å²) >= 11 is 0. The highest BCUT2D eigenvalue weighted by Gasteiger charge is 2.14. The smallest absolute Gasteiger partial charge is 0.337 e. The second-order valence-electron chi connectivity index (χ2n) is 6.27. The van der Waals surface area contributed by atoms with Gasteiger partial charge in [-0.05, 0) is 42.9 Å². The molecule has 0 aromatic heterocycles. The van der Waals surface area contributed by atoms with Gasteiger partial charge in [0.1, 0.15) is 13.2 Å². The first-order chi connectivity index (χ1) is 13.0. The summed E-state index contributed by atoms with van der Waals surface area (Å²) in [5.41, 5.74) is 1.97. The normalized spacial score (nSPS) is 12.6. The molecule has 0 bridgehead atoms. The standard InChI is InChI=1S/C20H22N2O5/c1-22(12-14-6-7-17-18(10-14)27-9-8-26-17)13-19(23)21-16-5-3-4-15(11-16)20(24)25-2/h3-7,10-11H,8-9,12-13H2,1-2H3,(H,21,23). The van der Waals surface area contributed by atoms with Gasteiger partial charge in [0.25, 0.3) is 0 Å². The third kappa shape index (κ3) is 4.98. The minimum Gasteiger partial charge on any atom is -0.486 e. The topological polar surface area (TPSA) is 77.1 Å². The van der Waals surface area contributed by atoms with E-state index >= 15 is 0 Å². The molecule has 0 spiro atoms. The molecule has 0 saturated carbocycles. The number of carbonyl (C=O) groups excluding carboxylic acids is 2. The van der Waals surface area contributed by atoms with E-state index in [1.807, 2.05) is 30.1 Å². The summed E-state index contributed by atoms with van der Waals surface area (Å²) in [7, 11) is 3.18. The van der Waals surface area contributed by atoms with E-state index in [1.165, 1.54) is 7.11 Å². The number of ether oxygens (including phenoxy) is 3. The summed E-state index contributed by atoms with van der Waals surface area (Å²) in [4.78, 5) is 25.7. The number of likely N-dealkylation sites (N-methyl/N-ethyl adjacent to an activating group) is 1. The van der Waals surface area contributed by atoms with Crippen molar-refractivity contribution in [2.45, 2.75) is 6.54 Å². The Bertz CT molecular complexity index is 837. The van der Waals surface area contributed by atoms with Crippen LogP contribution >= 0.6 is 0 Å². The number of hydrogen-bond acceptors (Lipinski definition) is 6. The predicted octanol–water partition coefficient (Wildman–Crippen LogP) is 2.31. The van der Waals surface area contributed by atoms with E-state index in [0.29, 0.717) is 31.0 Å². The summed E-state index contributed by atoms with van der Waals surface area (Å²) in [6.45, 7) is 1.89. The number of methoxy groups -OCH3 is 1. The Labute approximate surface area is 157 Å². The lowest BCUT2D eigenvalue weighted by Crippen LogP contribution is -2.30. The zero-order chi connectivity index (χ0) is 19.2. The van der Waals surface area contributed by atoms with Crippen molar-refractivity contribution >= 4 is 17.6 Å². The lowest BCUT2D eigenvalue weighted by atomic mass is 10.2. The molecule has 0 atom stereocenters. The van der Waals surface area contributed by atoms with Crippen molar-refractivity contribution in [3.05, 3.63) is 53.6 Å². The SMILES string of the molecule is COC(=O)c1cccc(NC(=O)CN(C)Cc2ccc3c(c2)OCCO3)c1. The average molecular weight is 370 g/mol. The van der Waals surface area contributed by atoms with Crippen molar-refractivity contribution in [2.75, 3.05) is 39.2 Å². The van der Waals surface area contributed by atoms with Gasteiger partial charge < -0.3 is 19.5 Å². The van der Waals surface area contributed by atoms with E-state index in [1.54, 1.807) is 24.3 Å². The maximum atomic E-state index is 12.3. The largest absolute Gasteiger partial charge is 0.486 e. The fraction of sp³-hybridized carbons (Fsp3) is 0.300. The minimum absolute atomic E-state index is 0.169. The monoisotopic (exact) mass is 370 g/mol. The van der Waals surface area contributed by atoms with Crippen LogP contribution in [0.15, 0.2) is 42.5 Å². The Hall–Kier alpha value is -3.06. The van der Waals surface area contributed by atoms with Crippen LogP contribution in [0.3, 0.4) is 0 Å². The summed E-state index contributed by atoms with van der Waals surface area (Å²) in [6, 6.07) is 12.4. The fourth-order valence-corrected chi connectivity index (χ4v) is 2.84. The highest BCUT2D eigenvalue weighted by atomic mass is 16.6. The fourth-order valence-electron chi connectivity index (χ4n) is 2.84. The molecule has 27 heavy (non-hydrogen) atoms. The van der Waals surface area contributed by atoms with Gasteiger partial charge in [-0.2, -0.15) is 0 Å². The molecule has 1 amide bonds. The van der Waals surface area contributed by atoms with Gasteiger partial charge in [-0.3, -0.25) is 9.69 Å². The summed E-state index contributed by atoms with van der Waals surface area (Å²) < 4.78 is 15.8. The first-order valence-electron chi connectivity index (χ1n) is 8.60. The Morgan fingerprint density at radius 3 is 2.67 bits per heavy atom. The summed E-state index contributed by atoms with van der Waals surface area (Å²) in [5, 5.41) is 2.79. The minimum atomic E-state index is -0.443. The second-order valence-corrected chi connectivity index (χ2v) is 6.27. The first kappa shape index (κ1) is 18.7. The zero-order valence-electron chi connectivity index (χ0n) is 15.4. The average Bonchev–Trinajstić information content (AvgIpc) is 2.67. The number of benzene rings is 2. The summed E-state index contributed by atoms with van der Waals surface area (Å²) in [5.74, 6) is 0.867. The Morgan fingerprint density at radius 2 is 1.89 bits per heavy atom. The van der Waals surface area contributed by atoms with Crippen LogP contribution < -0.4 is 14.8 Å². The van der Waals surface area contributed by atoms with Crippen molar-refractivity contribution in [2.24, 2.45) is 0 Å². The molecule has 1 heterocycles. The van der Waals surface area contributed by atoms with Crippen molar-refractivity contribution in [3.8, 4) is 11.5 Å². The number of rotatable bonds is 6. The van der Waals surface area contributed by atoms with Crippen LogP contribution in [-0.2, 0) is 16.1 Å². The molecule has 142 valence electrons. The molecule has 0 unspecified atom stereocenters. The highest BCUT2D eigenvalue weighted by molar-refractivity contribution is 5.95. The van der Waals surface area contributed by atoms with E-state index in [4.69, 9.17) is 9.47 Å². The third-order valence-electron chi connectivity index (χ3n) is 4.04. The van der Waals surface area contributed by atoms with Crippen LogP contribution in [0.2, 0.25) is 0 Å². The van der Waals surface area contributed by atoms with Gasteiger partial charge >= 0.3 is 5.97 Å². The van der Waals surface area contributed by atoms with Gasteiger partial charge in [-0.1, -0.05) is 12.1 Å². The number of esters is 1. The van der Waals surface area contributed by atoms with Crippen LogP contribution in [0.25, 0.3) is 0 Å². The molecule has 2 aromatic rings. The lowest BCUT2D eigenvalue weighted by Gasteiger charge is -2.21. The molecule has 0 aliphatic carbocycles. The van der Waals surface area contributed by atoms with Gasteiger partial charge in [0, 0.05) is 12.2 Å². The number of carbonyl (C=O) groups is 2. The second kappa shape index (κ2) is 8.55. The number of anilines is 1. The molecule has 2 aromatic carbocycles. The van der Waals surface area contributed by atoms with E-state index in [0.717, 1.165) is 17.1 Å². The highest BCUT2D eigenvalue weighted by Crippen LogP contribution is 2.31. The quantitative estimate of drug-likeness (QED) is 0.787. The molecule has 0 saturated heterocycles. The van der Waals surface area contributed by atoms with Gasteiger partial charge in [-0.15, -0.1) is 0 Å². The van der Waals surface area contributed by atoms with E-state index < -0.39 is 5.97 Å². The number of fused-ring (bicyclic) bond motifs is 1. The lowest BCUT2D eigenvalue weighted by molar-refractivity contribution is -0.117. The Balaban J connectivity index is 1.55. The molecular weight excluding hydrogens is 348 g/mol. The van der Waals surface area contributed by atoms with Crippen LogP contribution in [0, 0.1) is 0 Å². The third-order valence-corrected chi connectivity index (χ3v) is 4.04. The van der Waals surface area contributed by atoms with E-state index in [-0.39, 0.29) is 12.5 Å². The number of amides is 1. The van der Waals surface area contributed by atoms with Crippen LogP contribution in [0.1, 0.15) is 15.9 Å². The molecule has 1 N–H and O–H groups in total. The molecule has 7 nitrogen and oxygen atoms in total. The van der Waals surface area contributed by atoms with E-state index in [9.17, 15) is 9.59 Å². The molecule has 1 aliphatic rings. The van der Waals surface area contributed by atoms with Crippen molar-refractivity contribution in [1.82, 2.24) is 4.90 Å². The van der Waals surface area contributed by atoms with Crippen molar-refractivity contribution in [3.63, 3.8) is 0 Å². The van der Waals surface area contributed by atoms with Gasteiger partial charge in [0.15, 0.2) is 11.5 Å². The molecule has 0 fully saturated rings.